The predicted octanol–water partition coefficient (Wildman–Crippen LogP) is 2.70. The average Bonchev–Trinajstić information content (AvgIpc) is 2.16. The van der Waals surface area contributed by atoms with E-state index in [4.69, 9.17) is 0 Å². The number of carbonyl (C=O) groups excluding carboxylic acids is 1. The van der Waals surface area contributed by atoms with Crippen molar-refractivity contribution < 1.29 is 4.79 Å². The maximum Gasteiger partial charge on any atom is 0.228 e. The minimum Gasteiger partial charge on any atom is -0.348 e. The molecule has 14 heavy (non-hydrogen) atoms. The van der Waals surface area contributed by atoms with Crippen molar-refractivity contribution in [2.45, 2.75) is 34.1 Å². The van der Waals surface area contributed by atoms with Gasteiger partial charge in [0.25, 0.3) is 0 Å². The van der Waals surface area contributed by atoms with E-state index in [0.717, 1.165) is 6.42 Å². The van der Waals surface area contributed by atoms with E-state index in [1.165, 1.54) is 5.57 Å². The van der Waals surface area contributed by atoms with Gasteiger partial charge >= 0.3 is 0 Å². The van der Waals surface area contributed by atoms with Crippen LogP contribution in [0.1, 0.15) is 34.1 Å². The standard InChI is InChI=1S/C12H23NO/c1-7-9(3)11(8-2)10(4)12(14)13(5)6/h8-10H,7H2,1-6H3/b11-8+. The first-order valence-electron chi connectivity index (χ1n) is 5.32. The molecule has 0 aromatic rings. The van der Waals surface area contributed by atoms with E-state index >= 15 is 0 Å². The molecule has 0 bridgehead atoms. The molecule has 0 heterocycles. The van der Waals surface area contributed by atoms with Gasteiger partial charge in [0.05, 0.1) is 5.92 Å². The molecule has 0 radical (unpaired) electrons. The van der Waals surface area contributed by atoms with Crippen LogP contribution in [0.5, 0.6) is 0 Å². The van der Waals surface area contributed by atoms with Crippen LogP contribution in [-0.4, -0.2) is 24.9 Å². The minimum absolute atomic E-state index is 0.0185. The largest absolute Gasteiger partial charge is 0.348 e. The van der Waals surface area contributed by atoms with Crippen molar-refractivity contribution in [1.29, 1.82) is 0 Å². The first kappa shape index (κ1) is 13.2. The van der Waals surface area contributed by atoms with Gasteiger partial charge in [0, 0.05) is 14.1 Å². The molecule has 0 saturated carbocycles. The normalized spacial score (nSPS) is 16.3. The topological polar surface area (TPSA) is 20.3 Å². The van der Waals surface area contributed by atoms with Gasteiger partial charge in [0.2, 0.25) is 5.91 Å². The lowest BCUT2D eigenvalue weighted by molar-refractivity contribution is -0.131. The van der Waals surface area contributed by atoms with Gasteiger partial charge in [-0.15, -0.1) is 0 Å². The summed E-state index contributed by atoms with van der Waals surface area (Å²) in [5.74, 6) is 0.710. The number of hydrogen-bond acceptors (Lipinski definition) is 1. The van der Waals surface area contributed by atoms with Crippen LogP contribution in [0.2, 0.25) is 0 Å². The third kappa shape index (κ3) is 3.17. The van der Waals surface area contributed by atoms with Crippen molar-refractivity contribution in [3.05, 3.63) is 11.6 Å². The highest BCUT2D eigenvalue weighted by molar-refractivity contribution is 5.80. The van der Waals surface area contributed by atoms with Crippen molar-refractivity contribution in [2.75, 3.05) is 14.1 Å². The minimum atomic E-state index is 0.0185. The Bertz CT molecular complexity index is 218. The summed E-state index contributed by atoms with van der Waals surface area (Å²) in [5, 5.41) is 0. The number of hydrogen-bond donors (Lipinski definition) is 0. The Hall–Kier alpha value is -0.790. The lowest BCUT2D eigenvalue weighted by Crippen LogP contribution is -2.30. The van der Waals surface area contributed by atoms with Crippen LogP contribution in [0.3, 0.4) is 0 Å². The SMILES string of the molecule is C/C=C(\C(C)CC)C(C)C(=O)N(C)C. The third-order valence-electron chi connectivity index (χ3n) is 2.83. The first-order chi connectivity index (χ1) is 6.45. The van der Waals surface area contributed by atoms with E-state index in [1.807, 2.05) is 27.9 Å². The summed E-state index contributed by atoms with van der Waals surface area (Å²) in [4.78, 5) is 13.4. The molecule has 0 rings (SSSR count). The fourth-order valence-corrected chi connectivity index (χ4v) is 1.73. The molecule has 0 fully saturated rings. The quantitative estimate of drug-likeness (QED) is 0.635. The molecule has 2 unspecified atom stereocenters. The average molecular weight is 197 g/mol. The summed E-state index contributed by atoms with van der Waals surface area (Å²) in [5.41, 5.74) is 1.26. The van der Waals surface area contributed by atoms with Gasteiger partial charge in [0.15, 0.2) is 0 Å². The lowest BCUT2D eigenvalue weighted by Gasteiger charge is -2.23. The molecule has 82 valence electrons. The molecule has 0 aliphatic carbocycles. The highest BCUT2D eigenvalue weighted by Gasteiger charge is 2.21. The molecular formula is C12H23NO. The molecule has 2 atom stereocenters. The van der Waals surface area contributed by atoms with Gasteiger partial charge in [0.1, 0.15) is 0 Å². The number of nitrogens with zero attached hydrogens (tertiary/aromatic N) is 1. The van der Waals surface area contributed by atoms with Gasteiger partial charge in [-0.1, -0.05) is 25.5 Å². The second-order valence-corrected chi connectivity index (χ2v) is 4.05. The van der Waals surface area contributed by atoms with Crippen molar-refractivity contribution in [3.8, 4) is 0 Å². The Balaban J connectivity index is 4.64. The summed E-state index contributed by atoms with van der Waals surface area (Å²) in [7, 11) is 3.62. The zero-order valence-electron chi connectivity index (χ0n) is 10.3. The molecule has 2 heteroatoms. The fraction of sp³-hybridized carbons (Fsp3) is 0.750. The number of amides is 1. The molecular weight excluding hydrogens is 174 g/mol. The van der Waals surface area contributed by atoms with E-state index in [2.05, 4.69) is 19.9 Å². The summed E-state index contributed by atoms with van der Waals surface area (Å²) in [6.45, 7) is 8.33. The Kier molecular flexibility index (Phi) is 5.51. The summed E-state index contributed by atoms with van der Waals surface area (Å²) in [6, 6.07) is 0. The highest BCUT2D eigenvalue weighted by Crippen LogP contribution is 2.23. The molecule has 0 N–H and O–H groups in total. The van der Waals surface area contributed by atoms with E-state index in [1.54, 1.807) is 4.90 Å². The molecule has 0 aliphatic rings. The van der Waals surface area contributed by atoms with Gasteiger partial charge in [-0.3, -0.25) is 4.79 Å². The third-order valence-corrected chi connectivity index (χ3v) is 2.83. The summed E-state index contributed by atoms with van der Waals surface area (Å²) < 4.78 is 0. The Morgan fingerprint density at radius 2 is 1.86 bits per heavy atom. The molecule has 1 amide bonds. The van der Waals surface area contributed by atoms with Crippen molar-refractivity contribution >= 4 is 5.91 Å². The Morgan fingerprint density at radius 3 is 2.14 bits per heavy atom. The second kappa shape index (κ2) is 5.84. The van der Waals surface area contributed by atoms with Gasteiger partial charge < -0.3 is 4.90 Å². The summed E-state index contributed by atoms with van der Waals surface area (Å²) >= 11 is 0. The van der Waals surface area contributed by atoms with Crippen LogP contribution in [0.25, 0.3) is 0 Å². The fourth-order valence-electron chi connectivity index (χ4n) is 1.73. The monoisotopic (exact) mass is 197 g/mol. The van der Waals surface area contributed by atoms with Crippen LogP contribution in [-0.2, 0) is 4.79 Å². The van der Waals surface area contributed by atoms with Crippen LogP contribution in [0.4, 0.5) is 0 Å². The smallest absolute Gasteiger partial charge is 0.228 e. The van der Waals surface area contributed by atoms with E-state index in [0.29, 0.717) is 5.92 Å². The van der Waals surface area contributed by atoms with Crippen LogP contribution < -0.4 is 0 Å². The van der Waals surface area contributed by atoms with Crippen LogP contribution >= 0.6 is 0 Å². The Morgan fingerprint density at radius 1 is 1.36 bits per heavy atom. The highest BCUT2D eigenvalue weighted by atomic mass is 16.2. The zero-order chi connectivity index (χ0) is 11.3. The van der Waals surface area contributed by atoms with Crippen molar-refractivity contribution in [1.82, 2.24) is 4.90 Å². The molecule has 0 spiro atoms. The van der Waals surface area contributed by atoms with E-state index in [9.17, 15) is 4.79 Å². The van der Waals surface area contributed by atoms with E-state index in [-0.39, 0.29) is 11.8 Å². The van der Waals surface area contributed by atoms with Crippen molar-refractivity contribution in [3.63, 3.8) is 0 Å². The molecule has 0 aromatic heterocycles. The zero-order valence-corrected chi connectivity index (χ0v) is 10.3. The van der Waals surface area contributed by atoms with Gasteiger partial charge in [-0.05, 0) is 26.2 Å². The molecule has 0 aliphatic heterocycles. The van der Waals surface area contributed by atoms with Gasteiger partial charge in [-0.25, -0.2) is 0 Å². The van der Waals surface area contributed by atoms with Crippen LogP contribution in [0, 0.1) is 11.8 Å². The maximum absolute atomic E-state index is 11.7. The number of allylic oxidation sites excluding steroid dienone is 1. The van der Waals surface area contributed by atoms with Crippen LogP contribution in [0.15, 0.2) is 11.6 Å². The summed E-state index contributed by atoms with van der Waals surface area (Å²) in [6.07, 6.45) is 3.17. The molecule has 0 aromatic carbocycles. The maximum atomic E-state index is 11.7. The molecule has 2 nitrogen and oxygen atoms in total. The Labute approximate surface area is 88.0 Å². The molecule has 0 saturated heterocycles. The number of carbonyl (C=O) groups is 1. The second-order valence-electron chi connectivity index (χ2n) is 4.05. The van der Waals surface area contributed by atoms with Crippen molar-refractivity contribution in [2.24, 2.45) is 11.8 Å². The van der Waals surface area contributed by atoms with E-state index < -0.39 is 0 Å². The lowest BCUT2D eigenvalue weighted by atomic mass is 9.87. The number of rotatable bonds is 4. The predicted molar refractivity (Wildman–Crippen MR) is 61.1 cm³/mol. The first-order valence-corrected chi connectivity index (χ1v) is 5.32. The van der Waals surface area contributed by atoms with Gasteiger partial charge in [-0.2, -0.15) is 0 Å².